The smallest absolute Gasteiger partial charge is 0.0548 e. The minimum atomic E-state index is -0.0864. The average Bonchev–Trinajstić information content (AvgIpc) is 1.95. The molecule has 0 spiro atoms. The van der Waals surface area contributed by atoms with Crippen molar-refractivity contribution in [1.82, 2.24) is 0 Å². The van der Waals surface area contributed by atoms with Crippen LogP contribution in [0.4, 0.5) is 0 Å². The van der Waals surface area contributed by atoms with E-state index in [1.165, 1.54) is 0 Å². The summed E-state index contributed by atoms with van der Waals surface area (Å²) in [6.07, 6.45) is 5.00. The van der Waals surface area contributed by atoms with Crippen LogP contribution in [-0.4, -0.2) is 23.2 Å². The van der Waals surface area contributed by atoms with Crippen LogP contribution >= 0.6 is 11.8 Å². The highest BCUT2D eigenvalue weighted by Crippen LogP contribution is 2.22. The van der Waals surface area contributed by atoms with Gasteiger partial charge in [0.15, 0.2) is 0 Å². The molecule has 0 amide bonds. The number of thioether (sulfide) groups is 1. The van der Waals surface area contributed by atoms with E-state index in [0.29, 0.717) is 5.41 Å². The summed E-state index contributed by atoms with van der Waals surface area (Å²) in [5, 5.41) is 9.53. The Morgan fingerprint density at radius 2 is 1.83 bits per heavy atom. The van der Waals surface area contributed by atoms with E-state index in [1.54, 1.807) is 11.8 Å². The van der Waals surface area contributed by atoms with Crippen LogP contribution in [0.5, 0.6) is 0 Å². The van der Waals surface area contributed by atoms with E-state index >= 15 is 0 Å². The molecule has 12 heavy (non-hydrogen) atoms. The van der Waals surface area contributed by atoms with Crippen molar-refractivity contribution in [3.8, 4) is 0 Å². The van der Waals surface area contributed by atoms with Gasteiger partial charge in [0.05, 0.1) is 6.10 Å². The van der Waals surface area contributed by atoms with Crippen molar-refractivity contribution in [1.29, 1.82) is 0 Å². The molecule has 1 unspecified atom stereocenters. The predicted molar refractivity (Wildman–Crippen MR) is 57.7 cm³/mol. The summed E-state index contributed by atoms with van der Waals surface area (Å²) in [7, 11) is 0. The van der Waals surface area contributed by atoms with Crippen molar-refractivity contribution >= 4 is 11.8 Å². The zero-order valence-corrected chi connectivity index (χ0v) is 9.58. The summed E-state index contributed by atoms with van der Waals surface area (Å²) >= 11 is 1.80. The van der Waals surface area contributed by atoms with Gasteiger partial charge < -0.3 is 5.11 Å². The van der Waals surface area contributed by atoms with Gasteiger partial charge in [-0.05, 0) is 36.7 Å². The van der Waals surface area contributed by atoms with Crippen LogP contribution in [-0.2, 0) is 0 Å². The fourth-order valence-electron chi connectivity index (χ4n) is 0.998. The molecule has 0 heterocycles. The molecule has 1 atom stereocenters. The fourth-order valence-corrected chi connectivity index (χ4v) is 1.51. The van der Waals surface area contributed by atoms with Crippen LogP contribution in [0.15, 0.2) is 0 Å². The van der Waals surface area contributed by atoms with E-state index in [0.717, 1.165) is 25.0 Å². The van der Waals surface area contributed by atoms with Crippen LogP contribution in [0.25, 0.3) is 0 Å². The molecule has 0 saturated carbocycles. The first-order chi connectivity index (χ1) is 5.45. The molecule has 74 valence electrons. The molecule has 0 aromatic rings. The molecule has 0 bridgehead atoms. The van der Waals surface area contributed by atoms with E-state index in [-0.39, 0.29) is 6.10 Å². The van der Waals surface area contributed by atoms with Crippen LogP contribution in [0.2, 0.25) is 0 Å². The minimum absolute atomic E-state index is 0.0864. The van der Waals surface area contributed by atoms with Crippen molar-refractivity contribution in [2.75, 3.05) is 12.0 Å². The number of hydrogen-bond donors (Lipinski definition) is 1. The van der Waals surface area contributed by atoms with Gasteiger partial charge >= 0.3 is 0 Å². The van der Waals surface area contributed by atoms with E-state index in [4.69, 9.17) is 0 Å². The van der Waals surface area contributed by atoms with Gasteiger partial charge in [0, 0.05) is 0 Å². The van der Waals surface area contributed by atoms with E-state index < -0.39 is 0 Å². The molecule has 0 aliphatic heterocycles. The van der Waals surface area contributed by atoms with Gasteiger partial charge in [-0.15, -0.1) is 0 Å². The normalized spacial score (nSPS) is 14.8. The van der Waals surface area contributed by atoms with Crippen LogP contribution in [0, 0.1) is 5.41 Å². The number of aliphatic hydroxyl groups excluding tert-OH is 1. The molecule has 0 rings (SSSR count). The van der Waals surface area contributed by atoms with Gasteiger partial charge in [-0.1, -0.05) is 20.8 Å². The van der Waals surface area contributed by atoms with Gasteiger partial charge in [0.1, 0.15) is 0 Å². The van der Waals surface area contributed by atoms with Crippen LogP contribution in [0.3, 0.4) is 0 Å². The highest BCUT2D eigenvalue weighted by molar-refractivity contribution is 7.98. The molecular formula is C10H22OS. The molecule has 0 radical (unpaired) electrons. The summed E-state index contributed by atoms with van der Waals surface area (Å²) < 4.78 is 0. The minimum Gasteiger partial charge on any atom is -0.393 e. The van der Waals surface area contributed by atoms with E-state index in [2.05, 4.69) is 27.0 Å². The lowest BCUT2D eigenvalue weighted by molar-refractivity contribution is 0.143. The lowest BCUT2D eigenvalue weighted by Crippen LogP contribution is -2.13. The second-order valence-corrected chi connectivity index (χ2v) is 5.52. The zero-order chi connectivity index (χ0) is 9.61. The summed E-state index contributed by atoms with van der Waals surface area (Å²) in [6.45, 7) is 6.65. The third-order valence-corrected chi connectivity index (χ3v) is 2.53. The number of hydrogen-bond acceptors (Lipinski definition) is 2. The van der Waals surface area contributed by atoms with Gasteiger partial charge in [-0.25, -0.2) is 0 Å². The average molecular weight is 190 g/mol. The first kappa shape index (κ1) is 12.3. The SMILES string of the molecule is CSCCC(O)CCC(C)(C)C. The molecule has 1 nitrogen and oxygen atoms in total. The maximum atomic E-state index is 9.53. The molecule has 0 saturated heterocycles. The van der Waals surface area contributed by atoms with Crippen molar-refractivity contribution in [2.45, 2.75) is 46.1 Å². The third-order valence-electron chi connectivity index (χ3n) is 1.88. The molecule has 2 heteroatoms. The molecule has 0 fully saturated rings. The molecule has 0 aromatic carbocycles. The summed E-state index contributed by atoms with van der Waals surface area (Å²) in [4.78, 5) is 0. The number of aliphatic hydroxyl groups is 1. The lowest BCUT2D eigenvalue weighted by atomic mass is 9.89. The van der Waals surface area contributed by atoms with E-state index in [1.807, 2.05) is 0 Å². The Bertz CT molecular complexity index is 107. The summed E-state index contributed by atoms with van der Waals surface area (Å²) in [5.41, 5.74) is 0.361. The molecule has 1 N–H and O–H groups in total. The van der Waals surface area contributed by atoms with Crippen molar-refractivity contribution in [3.05, 3.63) is 0 Å². The largest absolute Gasteiger partial charge is 0.393 e. The molecule has 0 aromatic heterocycles. The quantitative estimate of drug-likeness (QED) is 0.719. The molecule has 0 aliphatic rings. The third kappa shape index (κ3) is 8.41. The lowest BCUT2D eigenvalue weighted by Gasteiger charge is -2.20. The first-order valence-corrected chi connectivity index (χ1v) is 6.02. The van der Waals surface area contributed by atoms with E-state index in [9.17, 15) is 5.11 Å². The standard InChI is InChI=1S/C10H22OS/c1-10(2,3)7-5-9(11)6-8-12-4/h9,11H,5-8H2,1-4H3. The first-order valence-electron chi connectivity index (χ1n) is 4.63. The monoisotopic (exact) mass is 190 g/mol. The maximum absolute atomic E-state index is 9.53. The Morgan fingerprint density at radius 3 is 2.25 bits per heavy atom. The highest BCUT2D eigenvalue weighted by Gasteiger charge is 2.12. The Balaban J connectivity index is 3.37. The van der Waals surface area contributed by atoms with Gasteiger partial charge in [0.2, 0.25) is 0 Å². The van der Waals surface area contributed by atoms with Crippen molar-refractivity contribution in [3.63, 3.8) is 0 Å². The van der Waals surface area contributed by atoms with Gasteiger partial charge in [-0.2, -0.15) is 11.8 Å². The topological polar surface area (TPSA) is 20.2 Å². The van der Waals surface area contributed by atoms with Crippen molar-refractivity contribution in [2.24, 2.45) is 5.41 Å². The van der Waals surface area contributed by atoms with Crippen LogP contribution in [0.1, 0.15) is 40.0 Å². The Morgan fingerprint density at radius 1 is 1.25 bits per heavy atom. The molecular weight excluding hydrogens is 168 g/mol. The second kappa shape index (κ2) is 5.87. The number of rotatable bonds is 5. The highest BCUT2D eigenvalue weighted by atomic mass is 32.2. The summed E-state index contributed by atoms with van der Waals surface area (Å²) in [5.74, 6) is 1.07. The van der Waals surface area contributed by atoms with Crippen molar-refractivity contribution < 1.29 is 5.11 Å². The van der Waals surface area contributed by atoms with Gasteiger partial charge in [-0.3, -0.25) is 0 Å². The zero-order valence-electron chi connectivity index (χ0n) is 8.76. The van der Waals surface area contributed by atoms with Gasteiger partial charge in [0.25, 0.3) is 0 Å². The fraction of sp³-hybridized carbons (Fsp3) is 1.00. The van der Waals surface area contributed by atoms with Crippen LogP contribution < -0.4 is 0 Å². The Kier molecular flexibility index (Phi) is 6.02. The second-order valence-electron chi connectivity index (χ2n) is 4.53. The maximum Gasteiger partial charge on any atom is 0.0548 e. The molecule has 0 aliphatic carbocycles. The predicted octanol–water partition coefficient (Wildman–Crippen LogP) is 2.93. The Labute approximate surface area is 80.9 Å². The Hall–Kier alpha value is 0.310. The summed E-state index contributed by atoms with van der Waals surface area (Å²) in [6, 6.07) is 0.